The molecule has 1 aliphatic rings. The first-order valence-electron chi connectivity index (χ1n) is 5.65. The van der Waals surface area contributed by atoms with Gasteiger partial charge < -0.3 is 25.0 Å². The van der Waals surface area contributed by atoms with Gasteiger partial charge in [0.1, 0.15) is 17.1 Å². The maximum Gasteiger partial charge on any atom is 0.261 e. The third-order valence-corrected chi connectivity index (χ3v) is 2.93. The minimum atomic E-state index is -0.507. The van der Waals surface area contributed by atoms with Gasteiger partial charge in [-0.3, -0.25) is 4.79 Å². The largest absolute Gasteiger partial charge is 0.507 e. The number of rotatable bonds is 2. The van der Waals surface area contributed by atoms with Crippen molar-refractivity contribution >= 4 is 5.91 Å². The first kappa shape index (κ1) is 12.7. The summed E-state index contributed by atoms with van der Waals surface area (Å²) < 4.78 is 5.17. The van der Waals surface area contributed by atoms with E-state index in [2.05, 4.69) is 0 Å². The number of benzene rings is 1. The molecule has 0 radical (unpaired) electrons. The van der Waals surface area contributed by atoms with E-state index >= 15 is 0 Å². The maximum absolute atomic E-state index is 12.2. The number of nitrogens with zero attached hydrogens (tertiary/aromatic N) is 1. The van der Waals surface area contributed by atoms with Crippen LogP contribution in [0.15, 0.2) is 18.2 Å². The molecule has 6 nitrogen and oxygen atoms in total. The molecule has 0 bridgehead atoms. The Hall–Kier alpha value is -1.79. The summed E-state index contributed by atoms with van der Waals surface area (Å²) in [5, 5.41) is 28.5. The fourth-order valence-corrected chi connectivity index (χ4v) is 1.96. The molecule has 1 heterocycles. The van der Waals surface area contributed by atoms with Gasteiger partial charge in [0, 0.05) is 6.54 Å². The minimum absolute atomic E-state index is 0.141. The highest BCUT2D eigenvalue weighted by Crippen LogP contribution is 2.28. The lowest BCUT2D eigenvalue weighted by Crippen LogP contribution is -2.50. The molecule has 1 aromatic rings. The SMILES string of the molecule is O=C(c1c(O)cccc1O)N1CCOCC1CO. The van der Waals surface area contributed by atoms with Gasteiger partial charge in [-0.15, -0.1) is 0 Å². The van der Waals surface area contributed by atoms with Crippen LogP contribution in [0.1, 0.15) is 10.4 Å². The Morgan fingerprint density at radius 2 is 2.06 bits per heavy atom. The Morgan fingerprint density at radius 3 is 2.67 bits per heavy atom. The van der Waals surface area contributed by atoms with E-state index in [4.69, 9.17) is 4.74 Å². The lowest BCUT2D eigenvalue weighted by atomic mass is 10.1. The zero-order chi connectivity index (χ0) is 13.1. The van der Waals surface area contributed by atoms with Crippen molar-refractivity contribution in [2.75, 3.05) is 26.4 Å². The fourth-order valence-electron chi connectivity index (χ4n) is 1.96. The molecule has 1 atom stereocenters. The minimum Gasteiger partial charge on any atom is -0.507 e. The van der Waals surface area contributed by atoms with Crippen LogP contribution in [0.5, 0.6) is 11.5 Å². The number of hydrogen-bond acceptors (Lipinski definition) is 5. The van der Waals surface area contributed by atoms with Crippen molar-refractivity contribution in [2.24, 2.45) is 0 Å². The monoisotopic (exact) mass is 253 g/mol. The summed E-state index contributed by atoms with van der Waals surface area (Å²) in [7, 11) is 0. The van der Waals surface area contributed by atoms with Crippen molar-refractivity contribution in [3.05, 3.63) is 23.8 Å². The summed E-state index contributed by atoms with van der Waals surface area (Å²) in [6, 6.07) is 3.66. The van der Waals surface area contributed by atoms with Crippen molar-refractivity contribution in [1.82, 2.24) is 4.90 Å². The first-order valence-corrected chi connectivity index (χ1v) is 5.65. The van der Waals surface area contributed by atoms with Crippen LogP contribution in [-0.4, -0.2) is 58.5 Å². The van der Waals surface area contributed by atoms with Crippen LogP contribution >= 0.6 is 0 Å². The van der Waals surface area contributed by atoms with Crippen LogP contribution in [0.2, 0.25) is 0 Å². The summed E-state index contributed by atoms with van der Waals surface area (Å²) >= 11 is 0. The second kappa shape index (κ2) is 5.24. The second-order valence-corrected chi connectivity index (χ2v) is 4.08. The quantitative estimate of drug-likeness (QED) is 0.686. The summed E-state index contributed by atoms with van der Waals surface area (Å²) in [4.78, 5) is 13.7. The zero-order valence-electron chi connectivity index (χ0n) is 9.74. The Bertz CT molecular complexity index is 428. The van der Waals surface area contributed by atoms with Crippen LogP contribution in [0.25, 0.3) is 0 Å². The smallest absolute Gasteiger partial charge is 0.261 e. The number of amides is 1. The lowest BCUT2D eigenvalue weighted by Gasteiger charge is -2.34. The number of phenolic OH excluding ortho intramolecular Hbond substituents is 2. The van der Waals surface area contributed by atoms with Gasteiger partial charge in [-0.1, -0.05) is 6.07 Å². The highest BCUT2D eigenvalue weighted by molar-refractivity contribution is 5.99. The van der Waals surface area contributed by atoms with Crippen LogP contribution in [-0.2, 0) is 4.74 Å². The van der Waals surface area contributed by atoms with Crippen molar-refractivity contribution in [3.63, 3.8) is 0 Å². The molecule has 18 heavy (non-hydrogen) atoms. The maximum atomic E-state index is 12.2. The molecule has 3 N–H and O–H groups in total. The van der Waals surface area contributed by atoms with E-state index in [1.165, 1.54) is 23.1 Å². The molecule has 1 unspecified atom stereocenters. The van der Waals surface area contributed by atoms with E-state index in [1.54, 1.807) is 0 Å². The number of carbonyl (C=O) groups is 1. The molecule has 0 spiro atoms. The number of hydrogen-bond donors (Lipinski definition) is 3. The van der Waals surface area contributed by atoms with Gasteiger partial charge >= 0.3 is 0 Å². The van der Waals surface area contributed by atoms with Gasteiger partial charge in [0.15, 0.2) is 0 Å². The van der Waals surface area contributed by atoms with Gasteiger partial charge in [0.2, 0.25) is 0 Å². The first-order chi connectivity index (χ1) is 8.65. The molecule has 98 valence electrons. The summed E-state index contributed by atoms with van der Waals surface area (Å²) in [6.07, 6.45) is 0. The van der Waals surface area contributed by atoms with Crippen LogP contribution in [0, 0.1) is 0 Å². The molecule has 2 rings (SSSR count). The van der Waals surface area contributed by atoms with Crippen LogP contribution < -0.4 is 0 Å². The van der Waals surface area contributed by atoms with Gasteiger partial charge in [-0.2, -0.15) is 0 Å². The van der Waals surface area contributed by atoms with E-state index in [1.807, 2.05) is 0 Å². The molecule has 1 aromatic carbocycles. The Balaban J connectivity index is 2.30. The number of ether oxygens (including phenoxy) is 1. The average Bonchev–Trinajstić information content (AvgIpc) is 2.38. The van der Waals surface area contributed by atoms with E-state index in [0.29, 0.717) is 13.2 Å². The van der Waals surface area contributed by atoms with Crippen molar-refractivity contribution in [2.45, 2.75) is 6.04 Å². The van der Waals surface area contributed by atoms with Crippen molar-refractivity contribution in [3.8, 4) is 11.5 Å². The highest BCUT2D eigenvalue weighted by atomic mass is 16.5. The summed E-state index contributed by atoms with van der Waals surface area (Å²) in [6.45, 7) is 0.713. The van der Waals surface area contributed by atoms with E-state index in [0.717, 1.165) is 0 Å². The predicted molar refractivity (Wildman–Crippen MR) is 62.5 cm³/mol. The lowest BCUT2D eigenvalue weighted by molar-refractivity contribution is -0.0186. The number of phenols is 2. The topological polar surface area (TPSA) is 90.2 Å². The average molecular weight is 253 g/mol. The second-order valence-electron chi connectivity index (χ2n) is 4.08. The van der Waals surface area contributed by atoms with E-state index in [9.17, 15) is 20.1 Å². The molecule has 1 amide bonds. The molecule has 1 aliphatic heterocycles. The number of aliphatic hydroxyl groups excluding tert-OH is 1. The Labute approximate surface area is 104 Å². The van der Waals surface area contributed by atoms with E-state index in [-0.39, 0.29) is 30.3 Å². The third-order valence-electron chi connectivity index (χ3n) is 2.93. The normalized spacial score (nSPS) is 19.8. The molecule has 1 fully saturated rings. The Kier molecular flexibility index (Phi) is 3.69. The molecule has 1 saturated heterocycles. The van der Waals surface area contributed by atoms with Gasteiger partial charge in [0.25, 0.3) is 5.91 Å². The van der Waals surface area contributed by atoms with Crippen LogP contribution in [0.3, 0.4) is 0 Å². The van der Waals surface area contributed by atoms with Gasteiger partial charge in [-0.25, -0.2) is 0 Å². The van der Waals surface area contributed by atoms with Crippen LogP contribution in [0.4, 0.5) is 0 Å². The molecule has 0 aliphatic carbocycles. The number of morpholine rings is 1. The fraction of sp³-hybridized carbons (Fsp3) is 0.417. The number of aromatic hydroxyl groups is 2. The van der Waals surface area contributed by atoms with Crippen molar-refractivity contribution in [1.29, 1.82) is 0 Å². The Morgan fingerprint density at radius 1 is 1.39 bits per heavy atom. The molecule has 6 heteroatoms. The number of aliphatic hydroxyl groups is 1. The zero-order valence-corrected chi connectivity index (χ0v) is 9.74. The van der Waals surface area contributed by atoms with E-state index < -0.39 is 11.9 Å². The summed E-state index contributed by atoms with van der Waals surface area (Å²) in [5.41, 5.74) is -0.141. The summed E-state index contributed by atoms with van der Waals surface area (Å²) in [5.74, 6) is -1.06. The molecule has 0 saturated carbocycles. The standard InChI is InChI=1S/C12H15NO5/c14-6-8-7-18-5-4-13(8)12(17)11-9(15)2-1-3-10(11)16/h1-3,8,14-16H,4-7H2. The van der Waals surface area contributed by atoms with Gasteiger partial charge in [0.05, 0.1) is 25.9 Å². The molecule has 0 aromatic heterocycles. The van der Waals surface area contributed by atoms with Gasteiger partial charge in [-0.05, 0) is 12.1 Å². The molecular weight excluding hydrogens is 238 g/mol. The third kappa shape index (κ3) is 2.25. The van der Waals surface area contributed by atoms with Crippen molar-refractivity contribution < 1.29 is 24.9 Å². The molecular formula is C12H15NO5. The number of carbonyl (C=O) groups excluding carboxylic acids is 1. The highest BCUT2D eigenvalue weighted by Gasteiger charge is 2.30. The predicted octanol–water partition coefficient (Wildman–Crippen LogP) is -0.0689.